The van der Waals surface area contributed by atoms with Crippen molar-refractivity contribution in [1.82, 2.24) is 5.32 Å². The highest BCUT2D eigenvalue weighted by Crippen LogP contribution is 2.29. The normalized spacial score (nSPS) is 12.2. The number of aryl methyl sites for hydroxylation is 1. The van der Waals surface area contributed by atoms with Crippen LogP contribution in [0.1, 0.15) is 34.6 Å². The summed E-state index contributed by atoms with van der Waals surface area (Å²) in [6.45, 7) is 3.77. The highest BCUT2D eigenvalue weighted by molar-refractivity contribution is 6.30. The highest BCUT2D eigenvalue weighted by Gasteiger charge is 2.20. The zero-order chi connectivity index (χ0) is 17.3. The van der Waals surface area contributed by atoms with Crippen LogP contribution in [0.25, 0.3) is 11.0 Å². The Morgan fingerprint density at radius 2 is 2.04 bits per heavy atom. The van der Waals surface area contributed by atoms with Gasteiger partial charge in [-0.1, -0.05) is 23.7 Å². The van der Waals surface area contributed by atoms with E-state index < -0.39 is 0 Å². The molecule has 0 saturated carbocycles. The molecule has 0 fully saturated rings. The fourth-order valence-corrected chi connectivity index (χ4v) is 2.86. The van der Waals surface area contributed by atoms with Gasteiger partial charge in [0.05, 0.1) is 13.2 Å². The lowest BCUT2D eigenvalue weighted by Gasteiger charge is -2.14. The molecule has 0 spiro atoms. The van der Waals surface area contributed by atoms with Crippen LogP contribution in [0.3, 0.4) is 0 Å². The third kappa shape index (κ3) is 3.10. The summed E-state index contributed by atoms with van der Waals surface area (Å²) in [6, 6.07) is 12.7. The van der Waals surface area contributed by atoms with Crippen LogP contribution in [0, 0.1) is 6.92 Å². The van der Waals surface area contributed by atoms with Crippen molar-refractivity contribution in [3.8, 4) is 5.75 Å². The van der Waals surface area contributed by atoms with Crippen molar-refractivity contribution >= 4 is 28.5 Å². The second-order valence-electron chi connectivity index (χ2n) is 5.67. The third-order valence-electron chi connectivity index (χ3n) is 4.05. The van der Waals surface area contributed by atoms with Gasteiger partial charge in [-0.2, -0.15) is 0 Å². The summed E-state index contributed by atoms with van der Waals surface area (Å²) >= 11 is 6.01. The standard InChI is InChI=1S/C19H18ClNO3/c1-11-16-10-15(23-3)7-8-17(16)24-18(11)19(22)21-12(2)13-5-4-6-14(20)9-13/h4-10,12H,1-3H3,(H,21,22)/t12-/m1/s1. The van der Waals surface area contributed by atoms with Crippen LogP contribution < -0.4 is 10.1 Å². The van der Waals surface area contributed by atoms with E-state index in [1.807, 2.05) is 44.2 Å². The van der Waals surface area contributed by atoms with Crippen molar-refractivity contribution in [2.75, 3.05) is 7.11 Å². The number of hydrogen-bond acceptors (Lipinski definition) is 3. The Balaban J connectivity index is 1.87. The molecular weight excluding hydrogens is 326 g/mol. The number of fused-ring (bicyclic) bond motifs is 1. The Morgan fingerprint density at radius 3 is 2.75 bits per heavy atom. The number of hydrogen-bond donors (Lipinski definition) is 1. The molecule has 3 rings (SSSR count). The first-order valence-corrected chi connectivity index (χ1v) is 8.01. The zero-order valence-corrected chi connectivity index (χ0v) is 14.5. The number of carbonyl (C=O) groups is 1. The lowest BCUT2D eigenvalue weighted by molar-refractivity contribution is 0.0913. The Kier molecular flexibility index (Phi) is 4.49. The van der Waals surface area contributed by atoms with E-state index in [0.29, 0.717) is 16.4 Å². The molecule has 2 aromatic carbocycles. The van der Waals surface area contributed by atoms with E-state index in [2.05, 4.69) is 5.32 Å². The largest absolute Gasteiger partial charge is 0.497 e. The first-order chi connectivity index (χ1) is 11.5. The number of ether oxygens (including phenoxy) is 1. The second kappa shape index (κ2) is 6.57. The van der Waals surface area contributed by atoms with E-state index in [1.54, 1.807) is 19.2 Å². The predicted octanol–water partition coefficient (Wildman–Crippen LogP) is 4.89. The minimum absolute atomic E-state index is 0.182. The van der Waals surface area contributed by atoms with E-state index in [4.69, 9.17) is 20.8 Å². The number of rotatable bonds is 4. The van der Waals surface area contributed by atoms with Gasteiger partial charge in [-0.25, -0.2) is 0 Å². The molecule has 0 aliphatic heterocycles. The molecule has 0 bridgehead atoms. The summed E-state index contributed by atoms with van der Waals surface area (Å²) < 4.78 is 11.0. The zero-order valence-electron chi connectivity index (χ0n) is 13.7. The molecule has 5 heteroatoms. The topological polar surface area (TPSA) is 51.5 Å². The Bertz CT molecular complexity index is 901. The van der Waals surface area contributed by atoms with Gasteiger partial charge < -0.3 is 14.5 Å². The molecule has 124 valence electrons. The van der Waals surface area contributed by atoms with E-state index in [9.17, 15) is 4.79 Å². The van der Waals surface area contributed by atoms with Crippen molar-refractivity contribution < 1.29 is 13.9 Å². The van der Waals surface area contributed by atoms with Gasteiger partial charge in [0, 0.05) is 16.0 Å². The molecule has 1 N–H and O–H groups in total. The van der Waals surface area contributed by atoms with Crippen molar-refractivity contribution in [1.29, 1.82) is 0 Å². The molecule has 1 atom stereocenters. The van der Waals surface area contributed by atoms with Gasteiger partial charge in [-0.05, 0) is 49.7 Å². The Hall–Kier alpha value is -2.46. The number of carbonyl (C=O) groups excluding carboxylic acids is 1. The number of amides is 1. The first kappa shape index (κ1) is 16.4. The minimum atomic E-state index is -0.254. The van der Waals surface area contributed by atoms with E-state index >= 15 is 0 Å². The Morgan fingerprint density at radius 1 is 1.25 bits per heavy atom. The van der Waals surface area contributed by atoms with Gasteiger partial charge in [0.15, 0.2) is 5.76 Å². The quantitative estimate of drug-likeness (QED) is 0.733. The predicted molar refractivity (Wildman–Crippen MR) is 94.8 cm³/mol. The summed E-state index contributed by atoms with van der Waals surface area (Å²) in [6.07, 6.45) is 0. The average Bonchev–Trinajstić information content (AvgIpc) is 2.91. The fraction of sp³-hybridized carbons (Fsp3) is 0.211. The Labute approximate surface area is 145 Å². The maximum absolute atomic E-state index is 12.6. The molecule has 0 aliphatic rings. The summed E-state index contributed by atoms with van der Waals surface area (Å²) in [5, 5.41) is 4.46. The monoisotopic (exact) mass is 343 g/mol. The molecule has 1 aromatic heterocycles. The molecular formula is C19H18ClNO3. The smallest absolute Gasteiger partial charge is 0.287 e. The fourth-order valence-electron chi connectivity index (χ4n) is 2.67. The molecule has 4 nitrogen and oxygen atoms in total. The van der Waals surface area contributed by atoms with Gasteiger partial charge in [0.25, 0.3) is 5.91 Å². The number of nitrogens with one attached hydrogen (secondary N) is 1. The van der Waals surface area contributed by atoms with E-state index in [1.165, 1.54) is 0 Å². The number of halogens is 1. The van der Waals surface area contributed by atoms with Crippen LogP contribution in [-0.2, 0) is 0 Å². The van der Waals surface area contributed by atoms with Crippen LogP contribution in [0.2, 0.25) is 5.02 Å². The summed E-state index contributed by atoms with van der Waals surface area (Å²) in [5.41, 5.74) is 2.39. The van der Waals surface area contributed by atoms with Gasteiger partial charge in [0.2, 0.25) is 0 Å². The van der Waals surface area contributed by atoms with Crippen molar-refractivity contribution in [2.24, 2.45) is 0 Å². The average molecular weight is 344 g/mol. The van der Waals surface area contributed by atoms with Crippen molar-refractivity contribution in [3.63, 3.8) is 0 Å². The minimum Gasteiger partial charge on any atom is -0.497 e. The van der Waals surface area contributed by atoms with Crippen molar-refractivity contribution in [2.45, 2.75) is 19.9 Å². The molecule has 0 saturated heterocycles. The van der Waals surface area contributed by atoms with Gasteiger partial charge in [-0.3, -0.25) is 4.79 Å². The van der Waals surface area contributed by atoms with Crippen LogP contribution >= 0.6 is 11.6 Å². The molecule has 24 heavy (non-hydrogen) atoms. The lowest BCUT2D eigenvalue weighted by atomic mass is 10.1. The van der Waals surface area contributed by atoms with Gasteiger partial charge in [0.1, 0.15) is 11.3 Å². The van der Waals surface area contributed by atoms with Crippen molar-refractivity contribution in [3.05, 3.63) is 64.4 Å². The van der Waals surface area contributed by atoms with Crippen LogP contribution in [0.15, 0.2) is 46.9 Å². The van der Waals surface area contributed by atoms with Crippen LogP contribution in [-0.4, -0.2) is 13.0 Å². The maximum atomic E-state index is 12.6. The summed E-state index contributed by atoms with van der Waals surface area (Å²) in [4.78, 5) is 12.6. The molecule has 0 aliphatic carbocycles. The third-order valence-corrected chi connectivity index (χ3v) is 4.28. The molecule has 0 unspecified atom stereocenters. The number of furan rings is 1. The maximum Gasteiger partial charge on any atom is 0.287 e. The molecule has 1 amide bonds. The summed E-state index contributed by atoms with van der Waals surface area (Å²) in [5.74, 6) is 0.785. The van der Waals surface area contributed by atoms with Crippen LogP contribution in [0.5, 0.6) is 5.75 Å². The molecule has 3 aromatic rings. The van der Waals surface area contributed by atoms with E-state index in [0.717, 1.165) is 22.3 Å². The van der Waals surface area contributed by atoms with E-state index in [-0.39, 0.29) is 11.9 Å². The number of benzene rings is 2. The van der Waals surface area contributed by atoms with Crippen LogP contribution in [0.4, 0.5) is 0 Å². The van der Waals surface area contributed by atoms with Gasteiger partial charge >= 0.3 is 0 Å². The SMILES string of the molecule is COc1ccc2oc(C(=O)N[C@H](C)c3cccc(Cl)c3)c(C)c2c1. The number of methoxy groups -OCH3 is 1. The lowest BCUT2D eigenvalue weighted by Crippen LogP contribution is -2.26. The molecule has 1 heterocycles. The molecule has 0 radical (unpaired) electrons. The first-order valence-electron chi connectivity index (χ1n) is 7.63. The van der Waals surface area contributed by atoms with Gasteiger partial charge in [-0.15, -0.1) is 0 Å². The second-order valence-corrected chi connectivity index (χ2v) is 6.10. The summed E-state index contributed by atoms with van der Waals surface area (Å²) in [7, 11) is 1.61. The highest BCUT2D eigenvalue weighted by atomic mass is 35.5.